The monoisotopic (exact) mass is 308 g/mol. The first-order chi connectivity index (χ1) is 11.8. The summed E-state index contributed by atoms with van der Waals surface area (Å²) in [5.74, 6) is 0. The molecule has 0 bridgehead atoms. The molecule has 0 saturated carbocycles. The van der Waals surface area contributed by atoms with Crippen molar-refractivity contribution in [2.75, 3.05) is 5.73 Å². The zero-order valence-corrected chi connectivity index (χ0v) is 13.1. The summed E-state index contributed by atoms with van der Waals surface area (Å²) in [6, 6.07) is 29.7. The molecule has 0 aliphatic rings. The first kappa shape index (κ1) is 13.2. The summed E-state index contributed by atoms with van der Waals surface area (Å²) in [4.78, 5) is 0. The van der Waals surface area contributed by atoms with Gasteiger partial charge in [-0.2, -0.15) is 0 Å². The predicted molar refractivity (Wildman–Crippen MR) is 103 cm³/mol. The second-order valence-corrected chi connectivity index (χ2v) is 6.16. The van der Waals surface area contributed by atoms with Crippen molar-refractivity contribution < 1.29 is 0 Å². The second kappa shape index (κ2) is 4.87. The molecule has 0 fully saturated rings. The van der Waals surface area contributed by atoms with Gasteiger partial charge in [0.15, 0.2) is 0 Å². The molecule has 1 aromatic heterocycles. The number of nitrogens with zero attached hydrogens (tertiary/aromatic N) is 1. The number of fused-ring (bicyclic) bond motifs is 4. The zero-order chi connectivity index (χ0) is 16.1. The Morgan fingerprint density at radius 2 is 1.25 bits per heavy atom. The Kier molecular flexibility index (Phi) is 2.68. The third-order valence-corrected chi connectivity index (χ3v) is 4.67. The molecular weight excluding hydrogens is 292 g/mol. The Morgan fingerprint density at radius 1 is 0.583 bits per heavy atom. The lowest BCUT2D eigenvalue weighted by atomic mass is 10.1. The lowest BCUT2D eigenvalue weighted by Gasteiger charge is -2.08. The number of benzene rings is 4. The molecule has 2 heteroatoms. The number of para-hydroxylation sites is 1. The lowest BCUT2D eigenvalue weighted by Crippen LogP contribution is -1.94. The largest absolute Gasteiger partial charge is 0.399 e. The van der Waals surface area contributed by atoms with E-state index < -0.39 is 0 Å². The molecule has 5 aromatic rings. The predicted octanol–water partition coefficient (Wildman–Crippen LogP) is 5.52. The minimum Gasteiger partial charge on any atom is -0.399 e. The number of hydrogen-bond donors (Lipinski definition) is 1. The molecule has 0 atom stereocenters. The van der Waals surface area contributed by atoms with Crippen LogP contribution in [0.15, 0.2) is 84.9 Å². The van der Waals surface area contributed by atoms with E-state index in [1.165, 1.54) is 27.1 Å². The Hall–Kier alpha value is -3.26. The number of anilines is 1. The van der Waals surface area contributed by atoms with Gasteiger partial charge in [0.1, 0.15) is 0 Å². The molecule has 0 unspecified atom stereocenters. The third-order valence-electron chi connectivity index (χ3n) is 4.67. The maximum atomic E-state index is 6.08. The van der Waals surface area contributed by atoms with Crippen molar-refractivity contribution in [1.82, 2.24) is 4.57 Å². The van der Waals surface area contributed by atoms with Gasteiger partial charge in [-0.25, -0.2) is 0 Å². The van der Waals surface area contributed by atoms with E-state index in [0.717, 1.165) is 16.9 Å². The molecule has 1 heterocycles. The van der Waals surface area contributed by atoms with Gasteiger partial charge < -0.3 is 10.3 Å². The fourth-order valence-corrected chi connectivity index (χ4v) is 3.58. The molecular formula is C22H16N2. The first-order valence-electron chi connectivity index (χ1n) is 8.09. The highest BCUT2D eigenvalue weighted by molar-refractivity contribution is 6.14. The Morgan fingerprint density at radius 3 is 2.04 bits per heavy atom. The summed E-state index contributed by atoms with van der Waals surface area (Å²) in [6.07, 6.45) is 0. The van der Waals surface area contributed by atoms with Crippen molar-refractivity contribution in [1.29, 1.82) is 0 Å². The molecule has 0 aliphatic carbocycles. The summed E-state index contributed by atoms with van der Waals surface area (Å²) in [7, 11) is 0. The van der Waals surface area contributed by atoms with Crippen molar-refractivity contribution in [2.45, 2.75) is 0 Å². The van der Waals surface area contributed by atoms with Crippen molar-refractivity contribution >= 4 is 38.3 Å². The average molecular weight is 308 g/mol. The SMILES string of the molecule is Nc1ccc2c3cc4ccccc4cc3n(-c3ccccc3)c2c1. The van der Waals surface area contributed by atoms with Gasteiger partial charge in [-0.1, -0.05) is 48.5 Å². The molecule has 24 heavy (non-hydrogen) atoms. The van der Waals surface area contributed by atoms with E-state index in [4.69, 9.17) is 5.73 Å². The van der Waals surface area contributed by atoms with Crippen molar-refractivity contribution in [3.8, 4) is 5.69 Å². The van der Waals surface area contributed by atoms with Crippen LogP contribution in [0.2, 0.25) is 0 Å². The minimum absolute atomic E-state index is 0.784. The third kappa shape index (κ3) is 1.83. The highest BCUT2D eigenvalue weighted by Gasteiger charge is 2.13. The number of aromatic nitrogens is 1. The van der Waals surface area contributed by atoms with Gasteiger partial charge >= 0.3 is 0 Å². The van der Waals surface area contributed by atoms with E-state index in [-0.39, 0.29) is 0 Å². The highest BCUT2D eigenvalue weighted by atomic mass is 15.0. The summed E-state index contributed by atoms with van der Waals surface area (Å²) in [6.45, 7) is 0. The van der Waals surface area contributed by atoms with E-state index in [1.807, 2.05) is 12.1 Å². The van der Waals surface area contributed by atoms with Crippen LogP contribution >= 0.6 is 0 Å². The van der Waals surface area contributed by atoms with Crippen LogP contribution in [-0.4, -0.2) is 4.57 Å². The van der Waals surface area contributed by atoms with Gasteiger partial charge in [-0.05, 0) is 47.2 Å². The topological polar surface area (TPSA) is 30.9 Å². The first-order valence-corrected chi connectivity index (χ1v) is 8.09. The smallest absolute Gasteiger partial charge is 0.0561 e. The van der Waals surface area contributed by atoms with E-state index in [0.29, 0.717) is 0 Å². The molecule has 114 valence electrons. The molecule has 0 spiro atoms. The van der Waals surface area contributed by atoms with Crippen LogP contribution in [0.1, 0.15) is 0 Å². The van der Waals surface area contributed by atoms with E-state index in [1.54, 1.807) is 0 Å². The van der Waals surface area contributed by atoms with E-state index in [9.17, 15) is 0 Å². The minimum atomic E-state index is 0.784. The second-order valence-electron chi connectivity index (χ2n) is 6.16. The molecule has 0 aliphatic heterocycles. The fraction of sp³-hybridized carbons (Fsp3) is 0. The van der Waals surface area contributed by atoms with Gasteiger partial charge in [0.25, 0.3) is 0 Å². The zero-order valence-electron chi connectivity index (χ0n) is 13.1. The van der Waals surface area contributed by atoms with Crippen LogP contribution in [-0.2, 0) is 0 Å². The Balaban J connectivity index is 2.03. The number of rotatable bonds is 1. The molecule has 4 aromatic carbocycles. The molecule has 2 nitrogen and oxygen atoms in total. The average Bonchev–Trinajstić information content (AvgIpc) is 2.93. The van der Waals surface area contributed by atoms with Crippen LogP contribution in [0.4, 0.5) is 5.69 Å². The fourth-order valence-electron chi connectivity index (χ4n) is 3.58. The lowest BCUT2D eigenvalue weighted by molar-refractivity contribution is 1.18. The standard InChI is InChI=1S/C22H16N2/c23-17-10-11-19-20-12-15-6-4-5-7-16(15)13-21(20)24(22(19)14-17)18-8-2-1-3-9-18/h1-14H,23H2. The van der Waals surface area contributed by atoms with Crippen molar-refractivity contribution in [3.05, 3.63) is 84.9 Å². The van der Waals surface area contributed by atoms with Crippen LogP contribution in [0.3, 0.4) is 0 Å². The molecule has 0 amide bonds. The van der Waals surface area contributed by atoms with Crippen LogP contribution in [0.25, 0.3) is 38.3 Å². The number of nitrogens with two attached hydrogens (primary N) is 1. The molecule has 2 N–H and O–H groups in total. The van der Waals surface area contributed by atoms with E-state index >= 15 is 0 Å². The molecule has 0 saturated heterocycles. The quantitative estimate of drug-likeness (QED) is 0.406. The Labute approximate surface area is 139 Å². The van der Waals surface area contributed by atoms with Crippen LogP contribution in [0.5, 0.6) is 0 Å². The van der Waals surface area contributed by atoms with Crippen molar-refractivity contribution in [3.63, 3.8) is 0 Å². The maximum absolute atomic E-state index is 6.08. The summed E-state index contributed by atoms with van der Waals surface area (Å²) in [5, 5.41) is 4.99. The van der Waals surface area contributed by atoms with Gasteiger partial charge in [-0.3, -0.25) is 0 Å². The van der Waals surface area contributed by atoms with E-state index in [2.05, 4.69) is 77.4 Å². The number of hydrogen-bond acceptors (Lipinski definition) is 1. The normalized spacial score (nSPS) is 11.5. The van der Waals surface area contributed by atoms with Gasteiger partial charge in [0, 0.05) is 22.1 Å². The van der Waals surface area contributed by atoms with Gasteiger partial charge in [0.2, 0.25) is 0 Å². The summed E-state index contributed by atoms with van der Waals surface area (Å²) in [5.41, 5.74) is 10.4. The Bertz CT molecular complexity index is 1200. The van der Waals surface area contributed by atoms with Gasteiger partial charge in [-0.15, -0.1) is 0 Å². The van der Waals surface area contributed by atoms with Crippen LogP contribution in [0, 0.1) is 0 Å². The molecule has 5 rings (SSSR count). The van der Waals surface area contributed by atoms with Crippen LogP contribution < -0.4 is 5.73 Å². The summed E-state index contributed by atoms with van der Waals surface area (Å²) >= 11 is 0. The number of nitrogen functional groups attached to an aromatic ring is 1. The van der Waals surface area contributed by atoms with Crippen molar-refractivity contribution in [2.24, 2.45) is 0 Å². The maximum Gasteiger partial charge on any atom is 0.0561 e. The highest BCUT2D eigenvalue weighted by Crippen LogP contribution is 2.35. The van der Waals surface area contributed by atoms with Gasteiger partial charge in [0.05, 0.1) is 11.0 Å². The summed E-state index contributed by atoms with van der Waals surface area (Å²) < 4.78 is 2.30. The molecule has 0 radical (unpaired) electrons.